The number of hydrogen-bond acceptors (Lipinski definition) is 6. The summed E-state index contributed by atoms with van der Waals surface area (Å²) < 4.78 is 30.8. The minimum atomic E-state index is -4.26. The van der Waals surface area contributed by atoms with Crippen LogP contribution in [-0.4, -0.2) is 59.7 Å². The number of rotatable bonds is 7. The molecule has 1 rings (SSSR count). The first-order valence-corrected chi connectivity index (χ1v) is 7.62. The molecule has 120 valence electrons. The molecule has 0 bridgehead atoms. The lowest BCUT2D eigenvalue weighted by Gasteiger charge is -2.17. The van der Waals surface area contributed by atoms with E-state index >= 15 is 0 Å². The summed E-state index contributed by atoms with van der Waals surface area (Å²) in [6.45, 7) is -0.101. The van der Waals surface area contributed by atoms with Crippen LogP contribution in [0.25, 0.3) is 0 Å². The molecule has 0 aliphatic carbocycles. The number of hydrogen-bond donors (Lipinski definition) is 5. The highest BCUT2D eigenvalue weighted by Crippen LogP contribution is 2.14. The molecule has 1 aliphatic rings. The lowest BCUT2D eigenvalue weighted by Crippen LogP contribution is -2.48. The molecule has 0 aromatic heterocycles. The van der Waals surface area contributed by atoms with E-state index in [1.807, 2.05) is 0 Å². The molecular weight excluding hydrogens is 306 g/mol. The van der Waals surface area contributed by atoms with Gasteiger partial charge in [-0.25, -0.2) is 4.79 Å². The normalized spacial score (nSPS) is 23.5. The van der Waals surface area contributed by atoms with Gasteiger partial charge in [-0.05, 0) is 12.8 Å². The Bertz CT molecular complexity index is 533. The number of nitrogens with one attached hydrogen (secondary N) is 2. The molecule has 11 heteroatoms. The molecule has 1 saturated heterocycles. The molecule has 0 unspecified atom stereocenters. The van der Waals surface area contributed by atoms with Crippen LogP contribution in [0.3, 0.4) is 0 Å². The van der Waals surface area contributed by atoms with Crippen molar-refractivity contribution in [1.29, 1.82) is 0 Å². The van der Waals surface area contributed by atoms with Gasteiger partial charge in [0.25, 0.3) is 10.1 Å². The van der Waals surface area contributed by atoms with Gasteiger partial charge in [0.2, 0.25) is 11.8 Å². The Kier molecular flexibility index (Phi) is 5.63. The minimum Gasteiger partial charge on any atom is -0.480 e. The van der Waals surface area contributed by atoms with Crippen LogP contribution in [0.15, 0.2) is 0 Å². The van der Waals surface area contributed by atoms with E-state index in [0.29, 0.717) is 0 Å². The number of carboxylic acid groups (broad SMARTS) is 1. The Hall–Kier alpha value is -1.72. The summed E-state index contributed by atoms with van der Waals surface area (Å²) in [4.78, 5) is 33.4. The van der Waals surface area contributed by atoms with Gasteiger partial charge in [-0.15, -0.1) is 0 Å². The highest BCUT2D eigenvalue weighted by molar-refractivity contribution is 7.86. The van der Waals surface area contributed by atoms with Gasteiger partial charge >= 0.3 is 5.97 Å². The first-order valence-electron chi connectivity index (χ1n) is 6.12. The van der Waals surface area contributed by atoms with Crippen LogP contribution in [0.2, 0.25) is 0 Å². The van der Waals surface area contributed by atoms with Gasteiger partial charge in [0.1, 0.15) is 11.3 Å². The van der Waals surface area contributed by atoms with E-state index in [4.69, 9.17) is 15.4 Å². The number of carbonyl (C=O) groups is 3. The average molecular weight is 323 g/mol. The van der Waals surface area contributed by atoms with E-state index in [1.165, 1.54) is 0 Å². The summed E-state index contributed by atoms with van der Waals surface area (Å²) >= 11 is 0. The molecule has 0 spiro atoms. The van der Waals surface area contributed by atoms with Crippen LogP contribution in [0.5, 0.6) is 0 Å². The molecule has 0 aromatic rings. The number of carbonyl (C=O) groups excluding carboxylic acids is 2. The van der Waals surface area contributed by atoms with Gasteiger partial charge in [-0.2, -0.15) is 8.42 Å². The maximum Gasteiger partial charge on any atom is 0.326 e. The van der Waals surface area contributed by atoms with E-state index < -0.39 is 45.2 Å². The molecule has 0 aromatic carbocycles. The van der Waals surface area contributed by atoms with Crippen LogP contribution >= 0.6 is 0 Å². The minimum absolute atomic E-state index is 0.101. The number of amides is 2. The van der Waals surface area contributed by atoms with Crippen molar-refractivity contribution in [3.8, 4) is 0 Å². The van der Waals surface area contributed by atoms with Crippen LogP contribution in [0, 0.1) is 0 Å². The first kappa shape index (κ1) is 17.3. The fourth-order valence-corrected chi connectivity index (χ4v) is 2.69. The SMILES string of the molecule is NC(=O)CC[C@H](NC(=O)[C@@H]1C[C@H](S(=O)(=O)O)CN1)C(=O)O. The molecule has 6 N–H and O–H groups in total. The summed E-state index contributed by atoms with van der Waals surface area (Å²) in [5, 5.41) is 12.6. The van der Waals surface area contributed by atoms with Crippen LogP contribution in [0.1, 0.15) is 19.3 Å². The Morgan fingerprint density at radius 1 is 1.38 bits per heavy atom. The second kappa shape index (κ2) is 6.83. The largest absolute Gasteiger partial charge is 0.480 e. The van der Waals surface area contributed by atoms with Crippen molar-refractivity contribution in [3.05, 3.63) is 0 Å². The highest BCUT2D eigenvalue weighted by Gasteiger charge is 2.37. The maximum atomic E-state index is 11.8. The van der Waals surface area contributed by atoms with Gasteiger partial charge in [0.15, 0.2) is 0 Å². The molecule has 0 saturated carbocycles. The predicted octanol–water partition coefficient (Wildman–Crippen LogP) is -2.56. The van der Waals surface area contributed by atoms with Gasteiger partial charge in [-0.1, -0.05) is 0 Å². The molecule has 10 nitrogen and oxygen atoms in total. The third-order valence-corrected chi connectivity index (χ3v) is 4.32. The molecule has 3 atom stereocenters. The number of nitrogens with two attached hydrogens (primary N) is 1. The van der Waals surface area contributed by atoms with Crippen molar-refractivity contribution in [2.45, 2.75) is 36.6 Å². The monoisotopic (exact) mass is 323 g/mol. The summed E-state index contributed by atoms with van der Waals surface area (Å²) in [7, 11) is -4.26. The number of primary amides is 1. The molecule has 1 heterocycles. The fraction of sp³-hybridized carbons (Fsp3) is 0.700. The molecular formula is C10H17N3O7S. The highest BCUT2D eigenvalue weighted by atomic mass is 32.2. The van der Waals surface area contributed by atoms with Crippen LogP contribution in [0.4, 0.5) is 0 Å². The summed E-state index contributed by atoms with van der Waals surface area (Å²) in [5.41, 5.74) is 4.91. The Labute approximate surface area is 120 Å². The Morgan fingerprint density at radius 3 is 2.43 bits per heavy atom. The third-order valence-electron chi connectivity index (χ3n) is 3.12. The van der Waals surface area contributed by atoms with E-state index in [0.717, 1.165) is 0 Å². The first-order chi connectivity index (χ1) is 9.61. The van der Waals surface area contributed by atoms with Crippen molar-refractivity contribution in [2.24, 2.45) is 5.73 Å². The molecule has 0 radical (unpaired) electrons. The standard InChI is InChI=1S/C10H17N3O7S/c11-8(14)2-1-6(10(16)17)13-9(15)7-3-5(4-12-7)21(18,19)20/h5-7,12H,1-4H2,(H2,11,14)(H,13,15)(H,16,17)(H,18,19,20)/t5-,6-,7-/m0/s1. The Balaban J connectivity index is 2.59. The van der Waals surface area contributed by atoms with E-state index in [2.05, 4.69) is 10.6 Å². The smallest absolute Gasteiger partial charge is 0.326 e. The Morgan fingerprint density at radius 2 is 2.00 bits per heavy atom. The lowest BCUT2D eigenvalue weighted by molar-refractivity contribution is -0.142. The predicted molar refractivity (Wildman–Crippen MR) is 69.7 cm³/mol. The van der Waals surface area contributed by atoms with Crippen molar-refractivity contribution in [1.82, 2.24) is 10.6 Å². The van der Waals surface area contributed by atoms with Gasteiger partial charge in [0, 0.05) is 13.0 Å². The second-order valence-corrected chi connectivity index (χ2v) is 6.43. The average Bonchev–Trinajstić information content (AvgIpc) is 2.82. The fourth-order valence-electron chi connectivity index (χ4n) is 1.95. The zero-order valence-electron chi connectivity index (χ0n) is 11.0. The van der Waals surface area contributed by atoms with E-state index in [-0.39, 0.29) is 25.8 Å². The molecule has 1 fully saturated rings. The van der Waals surface area contributed by atoms with Gasteiger partial charge < -0.3 is 21.5 Å². The van der Waals surface area contributed by atoms with E-state index in [1.54, 1.807) is 0 Å². The summed E-state index contributed by atoms with van der Waals surface area (Å²) in [6.07, 6.45) is -0.527. The topological polar surface area (TPSA) is 176 Å². The zero-order valence-corrected chi connectivity index (χ0v) is 11.8. The van der Waals surface area contributed by atoms with Gasteiger partial charge in [-0.3, -0.25) is 14.1 Å². The summed E-state index contributed by atoms with van der Waals surface area (Å²) in [5.74, 6) is -2.73. The van der Waals surface area contributed by atoms with Crippen LogP contribution in [-0.2, 0) is 24.5 Å². The van der Waals surface area contributed by atoms with Crippen molar-refractivity contribution in [3.63, 3.8) is 0 Å². The number of aliphatic carboxylic acids is 1. The molecule has 21 heavy (non-hydrogen) atoms. The lowest BCUT2D eigenvalue weighted by atomic mass is 10.1. The summed E-state index contributed by atoms with van der Waals surface area (Å²) in [6, 6.07) is -2.22. The quantitative estimate of drug-likeness (QED) is 0.318. The zero-order chi connectivity index (χ0) is 16.2. The molecule has 2 amide bonds. The van der Waals surface area contributed by atoms with Crippen LogP contribution < -0.4 is 16.4 Å². The van der Waals surface area contributed by atoms with Gasteiger partial charge in [0.05, 0.1) is 6.04 Å². The van der Waals surface area contributed by atoms with Crippen molar-refractivity contribution >= 4 is 27.9 Å². The molecule has 1 aliphatic heterocycles. The maximum absolute atomic E-state index is 11.8. The van der Waals surface area contributed by atoms with Crippen molar-refractivity contribution in [2.75, 3.05) is 6.54 Å². The van der Waals surface area contributed by atoms with E-state index in [9.17, 15) is 22.8 Å². The van der Waals surface area contributed by atoms with Crippen molar-refractivity contribution < 1.29 is 32.5 Å². The number of carboxylic acids is 1. The second-order valence-electron chi connectivity index (χ2n) is 4.74. The third kappa shape index (κ3) is 5.28.